The highest BCUT2D eigenvalue weighted by molar-refractivity contribution is 5.78. The lowest BCUT2D eigenvalue weighted by atomic mass is 9.73. The number of aryl methyl sites for hydroxylation is 2. The van der Waals surface area contributed by atoms with Gasteiger partial charge in [0.2, 0.25) is 11.8 Å². The molecular formula is C22H29N5O2. The first-order chi connectivity index (χ1) is 14.0. The Balaban J connectivity index is 1.38. The Bertz CT molecular complexity index is 865. The molecule has 0 saturated carbocycles. The van der Waals surface area contributed by atoms with Crippen LogP contribution in [-0.4, -0.2) is 56.0 Å². The lowest BCUT2D eigenvalue weighted by molar-refractivity contribution is -0.143. The fraction of sp³-hybridized carbons (Fsp3) is 0.545. The predicted octanol–water partition coefficient (Wildman–Crippen LogP) is 2.18. The third-order valence-corrected chi connectivity index (χ3v) is 6.27. The summed E-state index contributed by atoms with van der Waals surface area (Å²) in [4.78, 5) is 33.4. The van der Waals surface area contributed by atoms with E-state index in [1.807, 2.05) is 41.4 Å². The standard InChI is InChI=1S/C22H29N5O2/c1-25-14-19(13-24-25)3-4-20(28)26-12-2-8-22(16-26)9-5-21(29)27(17-22)15-18-6-10-23-11-7-18/h6-7,10-11,13-14H,2-5,8-9,12,15-17H2,1H3/t22-/m1/s1. The zero-order chi connectivity index (χ0) is 20.3. The maximum atomic E-state index is 12.9. The number of carbonyl (C=O) groups excluding carboxylic acids is 2. The molecular weight excluding hydrogens is 366 g/mol. The van der Waals surface area contributed by atoms with Gasteiger partial charge in [-0.3, -0.25) is 19.3 Å². The van der Waals surface area contributed by atoms with Gasteiger partial charge < -0.3 is 9.80 Å². The molecule has 2 amide bonds. The molecule has 7 heteroatoms. The van der Waals surface area contributed by atoms with Crippen LogP contribution < -0.4 is 0 Å². The van der Waals surface area contributed by atoms with Crippen LogP contribution in [0.1, 0.15) is 43.2 Å². The maximum Gasteiger partial charge on any atom is 0.222 e. The first kappa shape index (κ1) is 19.6. The van der Waals surface area contributed by atoms with Crippen molar-refractivity contribution in [2.24, 2.45) is 12.5 Å². The van der Waals surface area contributed by atoms with E-state index in [0.717, 1.165) is 56.4 Å². The summed E-state index contributed by atoms with van der Waals surface area (Å²) < 4.78 is 1.77. The molecule has 29 heavy (non-hydrogen) atoms. The molecule has 4 heterocycles. The van der Waals surface area contributed by atoms with Crippen molar-refractivity contribution < 1.29 is 9.59 Å². The fourth-order valence-electron chi connectivity index (χ4n) is 4.72. The Hall–Kier alpha value is -2.70. The highest BCUT2D eigenvalue weighted by Crippen LogP contribution is 2.39. The molecule has 0 N–H and O–H groups in total. The number of piperidine rings is 2. The fourth-order valence-corrected chi connectivity index (χ4v) is 4.72. The number of amides is 2. The maximum absolute atomic E-state index is 12.9. The minimum atomic E-state index is 0.0309. The second-order valence-electron chi connectivity index (χ2n) is 8.55. The second-order valence-corrected chi connectivity index (χ2v) is 8.55. The van der Waals surface area contributed by atoms with Crippen LogP contribution in [-0.2, 0) is 29.6 Å². The molecule has 2 aliphatic rings. The van der Waals surface area contributed by atoms with Crippen molar-refractivity contribution in [1.29, 1.82) is 0 Å². The van der Waals surface area contributed by atoms with E-state index in [-0.39, 0.29) is 17.2 Å². The number of pyridine rings is 1. The van der Waals surface area contributed by atoms with Crippen LogP contribution in [0, 0.1) is 5.41 Å². The Labute approximate surface area is 171 Å². The van der Waals surface area contributed by atoms with Crippen molar-refractivity contribution in [2.75, 3.05) is 19.6 Å². The van der Waals surface area contributed by atoms with Crippen molar-refractivity contribution in [3.8, 4) is 0 Å². The molecule has 7 nitrogen and oxygen atoms in total. The monoisotopic (exact) mass is 395 g/mol. The van der Waals surface area contributed by atoms with Gasteiger partial charge in [-0.25, -0.2) is 0 Å². The molecule has 2 aliphatic heterocycles. The number of hydrogen-bond acceptors (Lipinski definition) is 4. The van der Waals surface area contributed by atoms with Crippen molar-refractivity contribution >= 4 is 11.8 Å². The number of hydrogen-bond donors (Lipinski definition) is 0. The van der Waals surface area contributed by atoms with Gasteiger partial charge in [-0.15, -0.1) is 0 Å². The highest BCUT2D eigenvalue weighted by atomic mass is 16.2. The van der Waals surface area contributed by atoms with Gasteiger partial charge in [0, 0.05) is 70.1 Å². The lowest BCUT2D eigenvalue weighted by Crippen LogP contribution is -2.54. The van der Waals surface area contributed by atoms with Gasteiger partial charge in [-0.05, 0) is 48.9 Å². The number of likely N-dealkylation sites (tertiary alicyclic amines) is 2. The van der Waals surface area contributed by atoms with Crippen LogP contribution in [0.15, 0.2) is 36.9 Å². The number of carbonyl (C=O) groups is 2. The Morgan fingerprint density at radius 2 is 2.00 bits per heavy atom. The first-order valence-corrected chi connectivity index (χ1v) is 10.5. The highest BCUT2D eigenvalue weighted by Gasteiger charge is 2.42. The van der Waals surface area contributed by atoms with Gasteiger partial charge in [-0.2, -0.15) is 5.10 Å². The van der Waals surface area contributed by atoms with Crippen molar-refractivity contribution in [3.63, 3.8) is 0 Å². The second kappa shape index (κ2) is 8.35. The molecule has 1 spiro atoms. The van der Waals surface area contributed by atoms with Crippen LogP contribution >= 0.6 is 0 Å². The minimum absolute atomic E-state index is 0.0309. The van der Waals surface area contributed by atoms with Crippen LogP contribution in [0.2, 0.25) is 0 Å². The van der Waals surface area contributed by atoms with E-state index in [1.54, 1.807) is 17.1 Å². The van der Waals surface area contributed by atoms with E-state index in [1.165, 1.54) is 0 Å². The number of rotatable bonds is 5. The lowest BCUT2D eigenvalue weighted by Gasteiger charge is -2.48. The Morgan fingerprint density at radius 1 is 1.17 bits per heavy atom. The molecule has 0 radical (unpaired) electrons. The van der Waals surface area contributed by atoms with Gasteiger partial charge in [-0.1, -0.05) is 0 Å². The molecule has 0 unspecified atom stereocenters. The van der Waals surface area contributed by atoms with Crippen molar-refractivity contribution in [1.82, 2.24) is 24.6 Å². The van der Waals surface area contributed by atoms with Crippen molar-refractivity contribution in [2.45, 2.75) is 45.1 Å². The largest absolute Gasteiger partial charge is 0.342 e. The van der Waals surface area contributed by atoms with Gasteiger partial charge in [0.1, 0.15) is 0 Å². The van der Waals surface area contributed by atoms with E-state index < -0.39 is 0 Å². The molecule has 2 aromatic heterocycles. The number of nitrogens with zero attached hydrogens (tertiary/aromatic N) is 5. The van der Waals surface area contributed by atoms with Gasteiger partial charge >= 0.3 is 0 Å². The average Bonchev–Trinajstić information content (AvgIpc) is 3.15. The van der Waals surface area contributed by atoms with Crippen LogP contribution in [0.4, 0.5) is 0 Å². The SMILES string of the molecule is Cn1cc(CCC(=O)N2CCC[C@@]3(CCC(=O)N(Cc4ccncc4)C3)C2)cn1. The summed E-state index contributed by atoms with van der Waals surface area (Å²) in [5.41, 5.74) is 2.23. The van der Waals surface area contributed by atoms with Crippen LogP contribution in [0.25, 0.3) is 0 Å². The van der Waals surface area contributed by atoms with Gasteiger partial charge in [0.25, 0.3) is 0 Å². The smallest absolute Gasteiger partial charge is 0.222 e. The summed E-state index contributed by atoms with van der Waals surface area (Å²) in [5, 5.41) is 4.18. The molecule has 2 fully saturated rings. The summed E-state index contributed by atoms with van der Waals surface area (Å²) in [6.45, 7) is 2.95. The van der Waals surface area contributed by atoms with Crippen molar-refractivity contribution in [3.05, 3.63) is 48.0 Å². The third-order valence-electron chi connectivity index (χ3n) is 6.27. The van der Waals surface area contributed by atoms with E-state index in [2.05, 4.69) is 10.1 Å². The van der Waals surface area contributed by atoms with E-state index >= 15 is 0 Å². The quantitative estimate of drug-likeness (QED) is 0.778. The molecule has 2 saturated heterocycles. The average molecular weight is 396 g/mol. The molecule has 154 valence electrons. The Kier molecular flexibility index (Phi) is 5.65. The topological polar surface area (TPSA) is 71.3 Å². The zero-order valence-electron chi connectivity index (χ0n) is 17.1. The Morgan fingerprint density at radius 3 is 2.76 bits per heavy atom. The molecule has 0 aliphatic carbocycles. The zero-order valence-corrected chi connectivity index (χ0v) is 17.1. The van der Waals surface area contributed by atoms with Gasteiger partial charge in [0.15, 0.2) is 0 Å². The van der Waals surface area contributed by atoms with Crippen LogP contribution in [0.3, 0.4) is 0 Å². The molecule has 1 atom stereocenters. The molecule has 0 aromatic carbocycles. The predicted molar refractivity (Wildman–Crippen MR) is 109 cm³/mol. The van der Waals surface area contributed by atoms with Crippen LogP contribution in [0.5, 0.6) is 0 Å². The summed E-state index contributed by atoms with van der Waals surface area (Å²) in [7, 11) is 1.89. The summed E-state index contributed by atoms with van der Waals surface area (Å²) in [6, 6.07) is 3.92. The summed E-state index contributed by atoms with van der Waals surface area (Å²) in [6.07, 6.45) is 12.1. The van der Waals surface area contributed by atoms with E-state index in [9.17, 15) is 9.59 Å². The summed E-state index contributed by atoms with van der Waals surface area (Å²) in [5.74, 6) is 0.429. The summed E-state index contributed by atoms with van der Waals surface area (Å²) >= 11 is 0. The molecule has 4 rings (SSSR count). The third kappa shape index (κ3) is 4.66. The van der Waals surface area contributed by atoms with Gasteiger partial charge in [0.05, 0.1) is 6.20 Å². The minimum Gasteiger partial charge on any atom is -0.342 e. The van der Waals surface area contributed by atoms with E-state index in [0.29, 0.717) is 19.4 Å². The van der Waals surface area contributed by atoms with E-state index in [4.69, 9.17) is 0 Å². The molecule has 0 bridgehead atoms. The molecule has 2 aromatic rings. The number of aromatic nitrogens is 3. The normalized spacial score (nSPS) is 22.3. The first-order valence-electron chi connectivity index (χ1n) is 10.5.